The summed E-state index contributed by atoms with van der Waals surface area (Å²) in [5, 5.41) is 3.13. The minimum atomic E-state index is -3.69. The van der Waals surface area contributed by atoms with E-state index >= 15 is 0 Å². The van der Waals surface area contributed by atoms with Gasteiger partial charge < -0.3 is 10.1 Å². The maximum atomic E-state index is 13.4. The number of rotatable bonds is 10. The van der Waals surface area contributed by atoms with Gasteiger partial charge in [0, 0.05) is 0 Å². The van der Waals surface area contributed by atoms with Gasteiger partial charge in [-0.1, -0.05) is 32.0 Å². The van der Waals surface area contributed by atoms with Crippen LogP contribution in [0.3, 0.4) is 0 Å². The van der Waals surface area contributed by atoms with Crippen molar-refractivity contribution in [1.29, 1.82) is 0 Å². The average Bonchev–Trinajstić information content (AvgIpc) is 2.80. The Kier molecular flexibility index (Phi) is 8.40. The molecule has 1 aliphatic rings. The van der Waals surface area contributed by atoms with E-state index in [9.17, 15) is 13.2 Å². The van der Waals surface area contributed by atoms with Crippen LogP contribution in [0, 0.1) is 0 Å². The van der Waals surface area contributed by atoms with Gasteiger partial charge >= 0.3 is 0 Å². The molecule has 0 aromatic heterocycles. The van der Waals surface area contributed by atoms with Gasteiger partial charge in [0.15, 0.2) is 0 Å². The number of amides is 1. The van der Waals surface area contributed by atoms with E-state index in [2.05, 4.69) is 23.5 Å². The lowest BCUT2D eigenvalue weighted by atomic mass is 9.88. The number of fused-ring (bicyclic) bond motifs is 1. The Balaban J connectivity index is 1.85. The SMILES string of the molecule is CCOc1ccc(N([C@H](CC)C(=O)N[C@H](CC)c2ccc3c(c2)CCCC3)S(C)(=O)=O)cc1. The van der Waals surface area contributed by atoms with Crippen molar-refractivity contribution in [3.63, 3.8) is 0 Å². The Labute approximate surface area is 198 Å². The lowest BCUT2D eigenvalue weighted by Gasteiger charge is -2.31. The first-order valence-corrected chi connectivity index (χ1v) is 13.8. The summed E-state index contributed by atoms with van der Waals surface area (Å²) >= 11 is 0. The number of carbonyl (C=O) groups is 1. The summed E-state index contributed by atoms with van der Waals surface area (Å²) in [5.41, 5.74) is 4.29. The molecule has 6 nitrogen and oxygen atoms in total. The van der Waals surface area contributed by atoms with Gasteiger partial charge in [0.2, 0.25) is 15.9 Å². The molecule has 1 amide bonds. The highest BCUT2D eigenvalue weighted by atomic mass is 32.2. The van der Waals surface area contributed by atoms with Crippen LogP contribution in [0.2, 0.25) is 0 Å². The van der Waals surface area contributed by atoms with Gasteiger partial charge in [0.05, 0.1) is 24.6 Å². The van der Waals surface area contributed by atoms with Crippen molar-refractivity contribution in [2.45, 2.75) is 71.4 Å². The summed E-state index contributed by atoms with van der Waals surface area (Å²) in [4.78, 5) is 13.4. The molecule has 3 rings (SSSR count). The molecule has 7 heteroatoms. The van der Waals surface area contributed by atoms with Crippen LogP contribution in [0.15, 0.2) is 42.5 Å². The maximum Gasteiger partial charge on any atom is 0.244 e. The predicted octanol–water partition coefficient (Wildman–Crippen LogP) is 4.78. The van der Waals surface area contributed by atoms with Crippen molar-refractivity contribution in [1.82, 2.24) is 5.32 Å². The molecule has 0 fully saturated rings. The van der Waals surface area contributed by atoms with E-state index in [1.165, 1.54) is 28.3 Å². The standard InChI is InChI=1S/C26H36N2O4S/c1-5-24(21-13-12-19-10-8-9-11-20(19)18-21)27-26(29)25(6-2)28(33(4,30)31)22-14-16-23(17-15-22)32-7-3/h12-18,24-25H,5-11H2,1-4H3,(H,27,29)/t24-,25-/m1/s1. The third-order valence-electron chi connectivity index (χ3n) is 6.23. The number of aryl methyl sites for hydroxylation is 2. The number of ether oxygens (including phenoxy) is 1. The third kappa shape index (κ3) is 6.08. The van der Waals surface area contributed by atoms with E-state index in [1.54, 1.807) is 24.3 Å². The first-order valence-electron chi connectivity index (χ1n) is 11.9. The number of hydrogen-bond acceptors (Lipinski definition) is 4. The highest BCUT2D eigenvalue weighted by molar-refractivity contribution is 7.92. The number of carbonyl (C=O) groups excluding carboxylic acids is 1. The Morgan fingerprint density at radius 3 is 2.24 bits per heavy atom. The van der Waals surface area contributed by atoms with Crippen LogP contribution in [0.25, 0.3) is 0 Å². The monoisotopic (exact) mass is 472 g/mol. The zero-order chi connectivity index (χ0) is 24.0. The highest BCUT2D eigenvalue weighted by Gasteiger charge is 2.32. The summed E-state index contributed by atoms with van der Waals surface area (Å²) in [6.07, 6.45) is 6.83. The molecule has 0 aliphatic heterocycles. The van der Waals surface area contributed by atoms with E-state index < -0.39 is 16.1 Å². The summed E-state index contributed by atoms with van der Waals surface area (Å²) in [7, 11) is -3.69. The van der Waals surface area contributed by atoms with E-state index in [0.717, 1.165) is 31.1 Å². The van der Waals surface area contributed by atoms with Gasteiger partial charge in [0.1, 0.15) is 11.8 Å². The number of benzene rings is 2. The normalized spacial score (nSPS) is 15.3. The zero-order valence-electron chi connectivity index (χ0n) is 20.1. The van der Waals surface area contributed by atoms with Gasteiger partial charge in [-0.3, -0.25) is 9.10 Å². The molecular weight excluding hydrogens is 436 g/mol. The van der Waals surface area contributed by atoms with Crippen LogP contribution in [-0.4, -0.2) is 33.2 Å². The van der Waals surface area contributed by atoms with Crippen molar-refractivity contribution >= 4 is 21.6 Å². The molecule has 2 aromatic rings. The Morgan fingerprint density at radius 2 is 1.67 bits per heavy atom. The second-order valence-corrected chi connectivity index (χ2v) is 10.5. The van der Waals surface area contributed by atoms with Gasteiger partial charge in [-0.15, -0.1) is 0 Å². The number of sulfonamides is 1. The van der Waals surface area contributed by atoms with E-state index in [1.807, 2.05) is 20.8 Å². The molecule has 1 aliphatic carbocycles. The summed E-state index contributed by atoms with van der Waals surface area (Å²) in [6, 6.07) is 12.3. The number of nitrogens with one attached hydrogen (secondary N) is 1. The van der Waals surface area contributed by atoms with Crippen LogP contribution in [0.4, 0.5) is 5.69 Å². The number of nitrogens with zero attached hydrogens (tertiary/aromatic N) is 1. The number of hydrogen-bond donors (Lipinski definition) is 1. The van der Waals surface area contributed by atoms with Crippen LogP contribution < -0.4 is 14.4 Å². The molecule has 180 valence electrons. The Hall–Kier alpha value is -2.54. The molecule has 0 unspecified atom stereocenters. The van der Waals surface area contributed by atoms with Gasteiger partial charge in [-0.25, -0.2) is 8.42 Å². The van der Waals surface area contributed by atoms with Crippen LogP contribution >= 0.6 is 0 Å². The van der Waals surface area contributed by atoms with E-state index in [4.69, 9.17) is 4.74 Å². The van der Waals surface area contributed by atoms with Crippen molar-refractivity contribution in [3.05, 3.63) is 59.2 Å². The Morgan fingerprint density at radius 1 is 1.00 bits per heavy atom. The summed E-state index contributed by atoms with van der Waals surface area (Å²) in [5.74, 6) is 0.368. The molecule has 0 spiro atoms. The molecule has 2 atom stereocenters. The minimum absolute atomic E-state index is 0.166. The van der Waals surface area contributed by atoms with E-state index in [-0.39, 0.29) is 11.9 Å². The van der Waals surface area contributed by atoms with Crippen LogP contribution in [0.5, 0.6) is 5.75 Å². The van der Waals surface area contributed by atoms with Crippen molar-refractivity contribution < 1.29 is 17.9 Å². The largest absolute Gasteiger partial charge is 0.494 e. The van der Waals surface area contributed by atoms with Crippen LogP contribution in [-0.2, 0) is 27.7 Å². The minimum Gasteiger partial charge on any atom is -0.494 e. The second kappa shape index (κ2) is 11.1. The van der Waals surface area contributed by atoms with Crippen LogP contribution in [0.1, 0.15) is 69.2 Å². The average molecular weight is 473 g/mol. The zero-order valence-corrected chi connectivity index (χ0v) is 21.0. The fourth-order valence-electron chi connectivity index (χ4n) is 4.58. The Bertz CT molecular complexity index is 1050. The first-order chi connectivity index (χ1) is 15.8. The van der Waals surface area contributed by atoms with Crippen molar-refractivity contribution in [2.75, 3.05) is 17.2 Å². The topological polar surface area (TPSA) is 75.7 Å². The smallest absolute Gasteiger partial charge is 0.244 e. The first kappa shape index (κ1) is 25.1. The summed E-state index contributed by atoms with van der Waals surface area (Å²) < 4.78 is 32.2. The molecule has 1 N–H and O–H groups in total. The van der Waals surface area contributed by atoms with Gasteiger partial charge in [-0.2, -0.15) is 0 Å². The quantitative estimate of drug-likeness (QED) is 0.540. The molecule has 0 heterocycles. The fourth-order valence-corrected chi connectivity index (χ4v) is 5.79. The third-order valence-corrected chi connectivity index (χ3v) is 7.41. The lowest BCUT2D eigenvalue weighted by molar-refractivity contribution is -0.123. The fraction of sp³-hybridized carbons (Fsp3) is 0.500. The van der Waals surface area contributed by atoms with Gasteiger partial charge in [-0.05, 0) is 86.4 Å². The predicted molar refractivity (Wildman–Crippen MR) is 133 cm³/mol. The number of anilines is 1. The van der Waals surface area contributed by atoms with Gasteiger partial charge in [0.25, 0.3) is 0 Å². The second-order valence-electron chi connectivity index (χ2n) is 8.61. The van der Waals surface area contributed by atoms with Crippen molar-refractivity contribution in [2.24, 2.45) is 0 Å². The molecule has 0 bridgehead atoms. The highest BCUT2D eigenvalue weighted by Crippen LogP contribution is 2.28. The molecule has 2 aromatic carbocycles. The molecule has 0 radical (unpaired) electrons. The maximum absolute atomic E-state index is 13.4. The molecule has 0 saturated carbocycles. The lowest BCUT2D eigenvalue weighted by Crippen LogP contribution is -2.50. The van der Waals surface area contributed by atoms with E-state index in [0.29, 0.717) is 24.5 Å². The van der Waals surface area contributed by atoms with Crippen molar-refractivity contribution in [3.8, 4) is 5.75 Å². The molecule has 0 saturated heterocycles. The summed E-state index contributed by atoms with van der Waals surface area (Å²) in [6.45, 7) is 6.28. The molecule has 33 heavy (non-hydrogen) atoms. The molecular formula is C26H36N2O4S.